The molecule has 0 radical (unpaired) electrons. The predicted octanol–water partition coefficient (Wildman–Crippen LogP) is 3.36. The van der Waals surface area contributed by atoms with Gasteiger partial charge in [-0.15, -0.1) is 0 Å². The lowest BCUT2D eigenvalue weighted by atomic mass is 9.98. The zero-order valence-corrected chi connectivity index (χ0v) is 18.6. The number of amides is 1. The van der Waals surface area contributed by atoms with E-state index >= 15 is 0 Å². The summed E-state index contributed by atoms with van der Waals surface area (Å²) in [5.74, 6) is 0.572. The molecule has 1 saturated heterocycles. The topological polar surface area (TPSA) is 84.9 Å². The highest BCUT2D eigenvalue weighted by atomic mass is 32.2. The van der Waals surface area contributed by atoms with Gasteiger partial charge in [-0.3, -0.25) is 4.79 Å². The molecule has 2 aromatic rings. The van der Waals surface area contributed by atoms with E-state index in [1.165, 1.54) is 4.31 Å². The van der Waals surface area contributed by atoms with Crippen molar-refractivity contribution in [3.05, 3.63) is 47.5 Å². The van der Waals surface area contributed by atoms with Gasteiger partial charge in [0.2, 0.25) is 15.9 Å². The third-order valence-electron chi connectivity index (χ3n) is 5.37. The largest absolute Gasteiger partial charge is 0.496 e. The molecule has 1 aliphatic heterocycles. The molecule has 8 heteroatoms. The van der Waals surface area contributed by atoms with Crippen molar-refractivity contribution in [3.8, 4) is 11.5 Å². The molecule has 0 aromatic heterocycles. The molecule has 0 aliphatic carbocycles. The number of piperidine rings is 1. The molecule has 1 unspecified atom stereocenters. The van der Waals surface area contributed by atoms with E-state index < -0.39 is 15.9 Å². The maximum atomic E-state index is 13.1. The van der Waals surface area contributed by atoms with Crippen LogP contribution in [-0.2, 0) is 14.8 Å². The predicted molar refractivity (Wildman–Crippen MR) is 116 cm³/mol. The van der Waals surface area contributed by atoms with Crippen molar-refractivity contribution in [3.63, 3.8) is 0 Å². The number of nitrogens with one attached hydrogen (secondary N) is 1. The van der Waals surface area contributed by atoms with Crippen LogP contribution in [0, 0.1) is 19.8 Å². The summed E-state index contributed by atoms with van der Waals surface area (Å²) in [5, 5.41) is 2.91. The smallest absolute Gasteiger partial charge is 0.243 e. The maximum Gasteiger partial charge on any atom is 0.243 e. The highest BCUT2D eigenvalue weighted by Gasteiger charge is 2.33. The fourth-order valence-corrected chi connectivity index (χ4v) is 5.30. The van der Waals surface area contributed by atoms with Crippen molar-refractivity contribution in [1.29, 1.82) is 0 Å². The Labute approximate surface area is 178 Å². The molecule has 0 bridgehead atoms. The van der Waals surface area contributed by atoms with Crippen LogP contribution in [0.3, 0.4) is 0 Å². The van der Waals surface area contributed by atoms with Crippen LogP contribution in [0.2, 0.25) is 0 Å². The van der Waals surface area contributed by atoms with Crippen LogP contribution in [0.4, 0.5) is 5.69 Å². The first-order valence-electron chi connectivity index (χ1n) is 9.86. The Bertz CT molecular complexity index is 1040. The number of sulfonamides is 1. The van der Waals surface area contributed by atoms with Crippen LogP contribution >= 0.6 is 0 Å². The number of nitrogens with zero attached hydrogens (tertiary/aromatic N) is 1. The lowest BCUT2D eigenvalue weighted by Crippen LogP contribution is -2.43. The van der Waals surface area contributed by atoms with Crippen molar-refractivity contribution >= 4 is 21.6 Å². The Morgan fingerprint density at radius 2 is 1.77 bits per heavy atom. The summed E-state index contributed by atoms with van der Waals surface area (Å²) in [5.41, 5.74) is 2.33. The Balaban J connectivity index is 1.77. The van der Waals surface area contributed by atoms with Crippen LogP contribution in [0.25, 0.3) is 0 Å². The Morgan fingerprint density at radius 3 is 2.43 bits per heavy atom. The van der Waals surface area contributed by atoms with Gasteiger partial charge in [-0.05, 0) is 68.1 Å². The fraction of sp³-hybridized carbons (Fsp3) is 0.409. The molecule has 7 nitrogen and oxygen atoms in total. The minimum atomic E-state index is -3.70. The van der Waals surface area contributed by atoms with Crippen LogP contribution in [0.1, 0.15) is 24.0 Å². The monoisotopic (exact) mass is 432 g/mol. The summed E-state index contributed by atoms with van der Waals surface area (Å²) in [6, 6.07) is 10.3. The number of carbonyl (C=O) groups excluding carboxylic acids is 1. The van der Waals surface area contributed by atoms with Crippen molar-refractivity contribution in [2.24, 2.45) is 5.92 Å². The van der Waals surface area contributed by atoms with E-state index in [4.69, 9.17) is 9.47 Å². The Kier molecular flexibility index (Phi) is 6.67. The van der Waals surface area contributed by atoms with Crippen molar-refractivity contribution < 1.29 is 22.7 Å². The normalized spacial score (nSPS) is 17.4. The molecular weight excluding hydrogens is 404 g/mol. The lowest BCUT2D eigenvalue weighted by Gasteiger charge is -2.31. The van der Waals surface area contributed by atoms with E-state index in [0.717, 1.165) is 11.1 Å². The van der Waals surface area contributed by atoms with Gasteiger partial charge >= 0.3 is 0 Å². The van der Waals surface area contributed by atoms with E-state index in [0.29, 0.717) is 36.6 Å². The van der Waals surface area contributed by atoms with Gasteiger partial charge in [0.1, 0.15) is 11.5 Å². The molecule has 3 rings (SSSR count). The second-order valence-electron chi connectivity index (χ2n) is 7.53. The highest BCUT2D eigenvalue weighted by Crippen LogP contribution is 2.29. The lowest BCUT2D eigenvalue weighted by molar-refractivity contribution is -0.120. The quantitative estimate of drug-likeness (QED) is 0.757. The van der Waals surface area contributed by atoms with E-state index in [9.17, 15) is 13.2 Å². The third-order valence-corrected chi connectivity index (χ3v) is 7.23. The molecule has 162 valence electrons. The SMILES string of the molecule is COc1ccc(S(=O)(=O)N2CCCC(C(=O)Nc3cc(C)ccc3OC)C2)cc1C. The van der Waals surface area contributed by atoms with Crippen molar-refractivity contribution in [2.75, 3.05) is 32.6 Å². The molecule has 30 heavy (non-hydrogen) atoms. The molecule has 1 fully saturated rings. The summed E-state index contributed by atoms with van der Waals surface area (Å²) in [6.45, 7) is 4.28. The number of hydrogen-bond donors (Lipinski definition) is 1. The number of methoxy groups -OCH3 is 2. The minimum absolute atomic E-state index is 0.146. The summed E-state index contributed by atoms with van der Waals surface area (Å²) in [7, 11) is -0.598. The Hall–Kier alpha value is -2.58. The highest BCUT2D eigenvalue weighted by molar-refractivity contribution is 7.89. The van der Waals surface area contributed by atoms with Gasteiger partial charge in [-0.1, -0.05) is 6.07 Å². The average Bonchev–Trinajstić information content (AvgIpc) is 2.74. The summed E-state index contributed by atoms with van der Waals surface area (Å²) in [6.07, 6.45) is 1.25. The van der Waals surface area contributed by atoms with E-state index in [2.05, 4.69) is 5.32 Å². The number of anilines is 1. The van der Waals surface area contributed by atoms with Crippen molar-refractivity contribution in [2.45, 2.75) is 31.6 Å². The number of carbonyl (C=O) groups is 1. The first-order valence-corrected chi connectivity index (χ1v) is 11.3. The molecule has 1 N–H and O–H groups in total. The van der Waals surface area contributed by atoms with Gasteiger partial charge in [0.05, 0.1) is 30.7 Å². The zero-order valence-electron chi connectivity index (χ0n) is 17.8. The van der Waals surface area contributed by atoms with Gasteiger partial charge in [0, 0.05) is 13.1 Å². The average molecular weight is 433 g/mol. The standard InChI is InChI=1S/C22H28N2O5S/c1-15-7-9-21(29-4)19(12-15)23-22(25)17-6-5-11-24(14-17)30(26,27)18-8-10-20(28-3)16(2)13-18/h7-10,12-13,17H,5-6,11,14H2,1-4H3,(H,23,25). The second-order valence-corrected chi connectivity index (χ2v) is 9.46. The van der Waals surface area contributed by atoms with Crippen LogP contribution < -0.4 is 14.8 Å². The van der Waals surface area contributed by atoms with Gasteiger partial charge in [0.25, 0.3) is 0 Å². The second kappa shape index (κ2) is 9.06. The van der Waals surface area contributed by atoms with Crippen LogP contribution in [0.5, 0.6) is 11.5 Å². The summed E-state index contributed by atoms with van der Waals surface area (Å²) < 4.78 is 38.2. The molecule has 1 amide bonds. The first kappa shape index (κ1) is 22.1. The number of ether oxygens (including phenoxy) is 2. The fourth-order valence-electron chi connectivity index (χ4n) is 3.69. The van der Waals surface area contributed by atoms with Gasteiger partial charge in [-0.2, -0.15) is 4.31 Å². The molecule has 2 aromatic carbocycles. The molecule has 1 heterocycles. The van der Waals surface area contributed by atoms with Crippen molar-refractivity contribution in [1.82, 2.24) is 4.31 Å². The molecule has 1 aliphatic rings. The summed E-state index contributed by atoms with van der Waals surface area (Å²) >= 11 is 0. The number of hydrogen-bond acceptors (Lipinski definition) is 5. The van der Waals surface area contributed by atoms with E-state index in [-0.39, 0.29) is 17.3 Å². The molecular formula is C22H28N2O5S. The molecule has 1 atom stereocenters. The number of benzene rings is 2. The Morgan fingerprint density at radius 1 is 1.07 bits per heavy atom. The van der Waals surface area contributed by atoms with Gasteiger partial charge in [0.15, 0.2) is 0 Å². The van der Waals surface area contributed by atoms with Gasteiger partial charge in [-0.25, -0.2) is 8.42 Å². The van der Waals surface area contributed by atoms with Crippen LogP contribution in [-0.4, -0.2) is 45.9 Å². The van der Waals surface area contributed by atoms with Gasteiger partial charge < -0.3 is 14.8 Å². The first-order chi connectivity index (χ1) is 14.3. The minimum Gasteiger partial charge on any atom is -0.496 e. The van der Waals surface area contributed by atoms with E-state index in [1.807, 2.05) is 19.1 Å². The third kappa shape index (κ3) is 4.60. The van der Waals surface area contributed by atoms with E-state index in [1.54, 1.807) is 45.4 Å². The zero-order chi connectivity index (χ0) is 21.9. The molecule has 0 saturated carbocycles. The number of rotatable bonds is 6. The maximum absolute atomic E-state index is 13.1. The summed E-state index contributed by atoms with van der Waals surface area (Å²) in [4.78, 5) is 13.1. The number of aryl methyl sites for hydroxylation is 2. The van der Waals surface area contributed by atoms with Crippen LogP contribution in [0.15, 0.2) is 41.3 Å². The molecule has 0 spiro atoms.